The molecule has 54 heavy (non-hydrogen) atoms. The van der Waals surface area contributed by atoms with Crippen LogP contribution in [-0.2, 0) is 20.2 Å². The summed E-state index contributed by atoms with van der Waals surface area (Å²) >= 11 is 0. The van der Waals surface area contributed by atoms with Gasteiger partial charge in [-0.15, -0.1) is 0 Å². The smallest absolute Gasteiger partial charge is 0.744 e. The predicted octanol–water partition coefficient (Wildman–Crippen LogP) is -7.72. The summed E-state index contributed by atoms with van der Waals surface area (Å²) in [5.41, 5.74) is 11.3. The normalized spacial score (nSPS) is 11.4. The largest absolute Gasteiger partial charge is 1.00 e. The zero-order chi connectivity index (χ0) is 38.1. The van der Waals surface area contributed by atoms with E-state index in [0.717, 1.165) is 24.3 Å². The molecule has 0 saturated carbocycles. The van der Waals surface area contributed by atoms with Gasteiger partial charge in [-0.1, -0.05) is 24.3 Å². The average molecular weight is 809 g/mol. The second kappa shape index (κ2) is 21.1. The van der Waals surface area contributed by atoms with Crippen molar-refractivity contribution < 1.29 is 105 Å². The second-order valence-electron chi connectivity index (χ2n) is 10.5. The van der Waals surface area contributed by atoms with Gasteiger partial charge < -0.3 is 61.4 Å². The number of nitrogens with one attached hydrogen (secondary N) is 2. The predicted molar refractivity (Wildman–Crippen MR) is 186 cm³/mol. The van der Waals surface area contributed by atoms with Gasteiger partial charge in [-0.2, -0.15) is 29.9 Å². The Bertz CT molecular complexity index is 1980. The molecule has 2 aromatic carbocycles. The number of nitrogen functional groups attached to an aromatic ring is 2. The van der Waals surface area contributed by atoms with Gasteiger partial charge in [0.1, 0.15) is 20.2 Å². The van der Waals surface area contributed by atoms with Crippen molar-refractivity contribution in [3.63, 3.8) is 0 Å². The van der Waals surface area contributed by atoms with Crippen LogP contribution in [0.15, 0.2) is 46.2 Å². The number of nitrogens with zero attached hydrogens (tertiary/aromatic N) is 8. The Kier molecular flexibility index (Phi) is 18.3. The molecule has 0 aliphatic heterocycles. The SMILES string of the molecule is Nc1nc(Nc2ccc(C=Cc3ccc(Nc4nc(N)nc(N(CCO)CCO)n4)cc3S(=O)(=O)[O-])c(S(=O)(=O)[O-])c2)nc(N(CCO)CCO)n1.[Na+].[Na+]. The molecule has 0 spiro atoms. The Morgan fingerprint density at radius 2 is 0.926 bits per heavy atom. The van der Waals surface area contributed by atoms with Crippen LogP contribution in [0.2, 0.25) is 0 Å². The van der Waals surface area contributed by atoms with Crippen LogP contribution in [-0.4, -0.2) is 129 Å². The Morgan fingerprint density at radius 3 is 1.22 bits per heavy atom. The van der Waals surface area contributed by atoms with Crippen LogP contribution < -0.4 is 91.0 Å². The van der Waals surface area contributed by atoms with Crippen LogP contribution in [0.5, 0.6) is 0 Å². The van der Waals surface area contributed by atoms with Crippen molar-refractivity contribution in [1.29, 1.82) is 0 Å². The van der Waals surface area contributed by atoms with Crippen molar-refractivity contribution in [2.24, 2.45) is 0 Å². The summed E-state index contributed by atoms with van der Waals surface area (Å²) in [4.78, 5) is 25.6. The Hall–Kier alpha value is -3.34. The fourth-order valence-corrected chi connectivity index (χ4v) is 6.02. The number of benzene rings is 2. The molecule has 4 aromatic rings. The summed E-state index contributed by atoms with van der Waals surface area (Å²) in [5.74, 6) is -0.763. The molecule has 26 heteroatoms. The van der Waals surface area contributed by atoms with Gasteiger partial charge >= 0.3 is 59.1 Å². The number of anilines is 8. The number of hydrogen-bond donors (Lipinski definition) is 8. The molecule has 4 rings (SSSR count). The van der Waals surface area contributed by atoms with Crippen molar-refractivity contribution in [2.75, 3.05) is 84.5 Å². The van der Waals surface area contributed by atoms with E-state index in [1.54, 1.807) is 0 Å². The van der Waals surface area contributed by atoms with Crippen LogP contribution >= 0.6 is 0 Å². The molecule has 2 heterocycles. The summed E-state index contributed by atoms with van der Waals surface area (Å²) < 4.78 is 73.7. The third-order valence-corrected chi connectivity index (χ3v) is 8.63. The monoisotopic (exact) mass is 808 g/mol. The molecule has 0 fully saturated rings. The topological polar surface area (TPSA) is 355 Å². The van der Waals surface area contributed by atoms with E-state index in [-0.39, 0.29) is 170 Å². The first-order chi connectivity index (χ1) is 24.6. The summed E-state index contributed by atoms with van der Waals surface area (Å²) in [5, 5.41) is 42.7. The third-order valence-electron chi connectivity index (χ3n) is 6.85. The van der Waals surface area contributed by atoms with E-state index < -0.39 is 30.0 Å². The van der Waals surface area contributed by atoms with E-state index >= 15 is 0 Å². The quantitative estimate of drug-likeness (QED) is 0.0263. The zero-order valence-electron chi connectivity index (χ0n) is 29.1. The number of rotatable bonds is 18. The Balaban J connectivity index is 0.00000504. The van der Waals surface area contributed by atoms with Gasteiger partial charge in [0.2, 0.25) is 35.7 Å². The van der Waals surface area contributed by atoms with Crippen molar-refractivity contribution in [1.82, 2.24) is 29.9 Å². The molecule has 0 saturated heterocycles. The van der Waals surface area contributed by atoms with Crippen molar-refractivity contribution in [3.05, 3.63) is 47.5 Å². The number of nitrogens with two attached hydrogens (primary N) is 2. The Labute approximate surface area is 353 Å². The molecular weight excluding hydrogens is 774 g/mol. The summed E-state index contributed by atoms with van der Waals surface area (Å²) in [6.07, 6.45) is 2.25. The minimum atomic E-state index is -5.13. The van der Waals surface area contributed by atoms with Crippen molar-refractivity contribution >= 4 is 79.5 Å². The molecular formula is C28H34N12Na2O10S2. The van der Waals surface area contributed by atoms with Gasteiger partial charge in [0.05, 0.1) is 36.2 Å². The van der Waals surface area contributed by atoms with Crippen LogP contribution in [0.4, 0.5) is 47.1 Å². The molecule has 0 radical (unpaired) electrons. The molecule has 0 amide bonds. The molecule has 22 nitrogen and oxygen atoms in total. The first kappa shape index (κ1) is 46.8. The summed E-state index contributed by atoms with van der Waals surface area (Å²) in [6, 6.07) is 7.16. The molecule has 0 bridgehead atoms. The van der Waals surface area contributed by atoms with Gasteiger partial charge in [-0.3, -0.25) is 0 Å². The van der Waals surface area contributed by atoms with Gasteiger partial charge in [0.15, 0.2) is 0 Å². The van der Waals surface area contributed by atoms with Crippen LogP contribution in [0, 0.1) is 0 Å². The molecule has 10 N–H and O–H groups in total. The molecule has 0 atom stereocenters. The minimum absolute atomic E-state index is 0. The molecule has 0 aliphatic rings. The molecule has 2 aromatic heterocycles. The number of aliphatic hydroxyl groups is 4. The van der Waals surface area contributed by atoms with E-state index in [9.17, 15) is 46.4 Å². The summed E-state index contributed by atoms with van der Waals surface area (Å²) in [6.45, 7) is -0.903. The maximum Gasteiger partial charge on any atom is 1.00 e. The van der Waals surface area contributed by atoms with E-state index in [0.29, 0.717) is 0 Å². The van der Waals surface area contributed by atoms with E-state index in [1.165, 1.54) is 34.1 Å². The summed E-state index contributed by atoms with van der Waals surface area (Å²) in [7, 11) is -10.3. The Morgan fingerprint density at radius 1 is 0.593 bits per heavy atom. The van der Waals surface area contributed by atoms with Crippen LogP contribution in [0.25, 0.3) is 12.2 Å². The van der Waals surface area contributed by atoms with Crippen LogP contribution in [0.1, 0.15) is 11.1 Å². The number of aliphatic hydroxyl groups excluding tert-OH is 4. The van der Waals surface area contributed by atoms with E-state index in [1.807, 2.05) is 0 Å². The van der Waals surface area contributed by atoms with Gasteiger partial charge in [-0.25, -0.2) is 16.8 Å². The first-order valence-electron chi connectivity index (χ1n) is 15.0. The maximum atomic E-state index is 12.3. The van der Waals surface area contributed by atoms with E-state index in [2.05, 4.69) is 40.5 Å². The maximum absolute atomic E-state index is 12.3. The van der Waals surface area contributed by atoms with Crippen molar-refractivity contribution in [3.8, 4) is 0 Å². The first-order valence-corrected chi connectivity index (χ1v) is 17.8. The fourth-order valence-electron chi connectivity index (χ4n) is 4.63. The standard InChI is InChI=1S/C28H36N12O10S2.2Na/c29-23-33-25(37-27(35-23)39(7-11-41)8-12-42)31-19-5-3-17(21(15-19)51(45,46)47)1-2-18-4-6-20(16-22(18)52(48,49)50)32-26-34-24(30)36-28(38-26)40(9-13-43)10-14-44;;/h1-6,15-16,41-44H,7-14H2,(H,45,46,47)(H,48,49,50)(H3,29,31,33,35,37)(H3,30,32,34,36,38);;/q;2*+1/p-2. The molecule has 280 valence electrons. The van der Waals surface area contributed by atoms with Gasteiger partial charge in [0, 0.05) is 37.6 Å². The zero-order valence-corrected chi connectivity index (χ0v) is 34.7. The fraction of sp³-hybridized carbons (Fsp3) is 0.286. The van der Waals surface area contributed by atoms with Crippen LogP contribution in [0.3, 0.4) is 0 Å². The second-order valence-corrected chi connectivity index (χ2v) is 13.2. The van der Waals surface area contributed by atoms with Gasteiger partial charge in [0.25, 0.3) is 0 Å². The number of aromatic nitrogens is 6. The molecule has 0 unspecified atom stereocenters. The number of hydrogen-bond acceptors (Lipinski definition) is 22. The third kappa shape index (κ3) is 13.2. The minimum Gasteiger partial charge on any atom is -0.744 e. The average Bonchev–Trinajstić information content (AvgIpc) is 3.06. The van der Waals surface area contributed by atoms with Gasteiger partial charge in [-0.05, 0) is 35.4 Å². The van der Waals surface area contributed by atoms with E-state index in [4.69, 9.17) is 11.5 Å². The van der Waals surface area contributed by atoms with Crippen molar-refractivity contribution in [2.45, 2.75) is 9.79 Å². The molecule has 0 aliphatic carbocycles.